The Morgan fingerprint density at radius 3 is 3.35 bits per heavy atom. The van der Waals surface area contributed by atoms with Gasteiger partial charge in [0.2, 0.25) is 0 Å². The van der Waals surface area contributed by atoms with Crippen molar-refractivity contribution in [1.29, 1.82) is 0 Å². The molecule has 0 saturated carbocycles. The lowest BCUT2D eigenvalue weighted by molar-refractivity contribution is -0.641. The summed E-state index contributed by atoms with van der Waals surface area (Å²) >= 11 is 1.48. The van der Waals surface area contributed by atoms with Gasteiger partial charge in [-0.05, 0) is 29.5 Å². The summed E-state index contributed by atoms with van der Waals surface area (Å²) < 4.78 is 27.3. The molecule has 0 N–H and O–H groups in total. The Balaban J connectivity index is 1.96. The summed E-state index contributed by atoms with van der Waals surface area (Å²) in [6, 6.07) is 5.76. The Labute approximate surface area is 123 Å². The lowest BCUT2D eigenvalue weighted by Gasteiger charge is -1.93. The van der Waals surface area contributed by atoms with Crippen LogP contribution < -0.4 is 4.57 Å². The minimum atomic E-state index is -2.23. The Morgan fingerprint density at radius 2 is 2.40 bits per heavy atom. The molecule has 0 bridgehead atoms. The number of hydrogen-bond acceptors (Lipinski definition) is 3. The molecule has 5 rings (SSSR count). The molecule has 4 aromatic heterocycles. The molecule has 1 aliphatic heterocycles. The van der Waals surface area contributed by atoms with Crippen LogP contribution in [0, 0.1) is 0 Å². The zero-order valence-electron chi connectivity index (χ0n) is 13.4. The fraction of sp³-hybridized carbons (Fsp3) is 0.133. The summed E-state index contributed by atoms with van der Waals surface area (Å²) in [5, 5.41) is 1.88. The number of thiazole rings is 1. The molecule has 0 radical (unpaired) electrons. The monoisotopic (exact) mass is 282 g/mol. The maximum atomic E-state index is 7.91. The topological polar surface area (TPSA) is 34.6 Å². The van der Waals surface area contributed by atoms with Gasteiger partial charge in [0.15, 0.2) is 17.1 Å². The molecule has 5 heterocycles. The molecule has 4 nitrogen and oxygen atoms in total. The van der Waals surface area contributed by atoms with Gasteiger partial charge in [0.05, 0.1) is 16.5 Å². The number of aryl methyl sites for hydroxylation is 1. The number of nitrogens with zero attached hydrogens (tertiary/aromatic N) is 4. The van der Waals surface area contributed by atoms with Gasteiger partial charge in [0.1, 0.15) is 0 Å². The number of fused-ring (bicyclic) bond motifs is 7. The van der Waals surface area contributed by atoms with E-state index in [-0.39, 0.29) is 0 Å². The third kappa shape index (κ3) is 1.10. The number of aromatic nitrogens is 4. The summed E-state index contributed by atoms with van der Waals surface area (Å²) in [5.74, 6) is 0. The van der Waals surface area contributed by atoms with Crippen molar-refractivity contribution >= 4 is 32.6 Å². The molecule has 0 amide bonds. The van der Waals surface area contributed by atoms with E-state index in [2.05, 4.69) is 20.6 Å². The zero-order chi connectivity index (χ0) is 15.8. The summed E-state index contributed by atoms with van der Waals surface area (Å²) in [7, 11) is 0. The SMILES string of the molecule is [2H]C([2H])([2H])n1c2ccncc2c2c1sc1[n+]2Cc2cccnc2-1. The van der Waals surface area contributed by atoms with Crippen molar-refractivity contribution in [2.75, 3.05) is 0 Å². The molecule has 0 aromatic carbocycles. The summed E-state index contributed by atoms with van der Waals surface area (Å²) in [5.41, 5.74) is 3.74. The lowest BCUT2D eigenvalue weighted by Crippen LogP contribution is -2.30. The maximum Gasteiger partial charge on any atom is 0.291 e. The summed E-state index contributed by atoms with van der Waals surface area (Å²) in [6.45, 7) is -1.51. The molecule has 96 valence electrons. The summed E-state index contributed by atoms with van der Waals surface area (Å²) in [4.78, 5) is 9.41. The van der Waals surface area contributed by atoms with Crippen molar-refractivity contribution in [3.05, 3.63) is 42.4 Å². The van der Waals surface area contributed by atoms with E-state index in [4.69, 9.17) is 4.11 Å². The van der Waals surface area contributed by atoms with E-state index in [0.717, 1.165) is 26.4 Å². The van der Waals surface area contributed by atoms with Crippen LogP contribution in [0.1, 0.15) is 9.68 Å². The molecular formula is C15H11N4S+. The fourth-order valence-corrected chi connectivity index (χ4v) is 4.19. The first-order chi connectivity index (χ1) is 11.1. The van der Waals surface area contributed by atoms with Crippen LogP contribution >= 0.6 is 11.3 Å². The van der Waals surface area contributed by atoms with Gasteiger partial charge >= 0.3 is 0 Å². The molecule has 0 unspecified atom stereocenters. The zero-order valence-corrected chi connectivity index (χ0v) is 11.2. The highest BCUT2D eigenvalue weighted by molar-refractivity contribution is 7.21. The quantitative estimate of drug-likeness (QED) is 0.409. The van der Waals surface area contributed by atoms with Crippen LogP contribution in [0.15, 0.2) is 36.8 Å². The van der Waals surface area contributed by atoms with Crippen molar-refractivity contribution in [1.82, 2.24) is 14.5 Å². The lowest BCUT2D eigenvalue weighted by atomic mass is 10.2. The molecule has 1 aliphatic rings. The van der Waals surface area contributed by atoms with Gasteiger partial charge in [-0.2, -0.15) is 4.57 Å². The highest BCUT2D eigenvalue weighted by Crippen LogP contribution is 2.37. The third-order valence-corrected chi connectivity index (χ3v) is 5.01. The molecule has 4 aromatic rings. The average Bonchev–Trinajstić information content (AvgIpc) is 3.12. The van der Waals surface area contributed by atoms with E-state index < -0.39 is 6.98 Å². The van der Waals surface area contributed by atoms with E-state index in [1.165, 1.54) is 21.5 Å². The Morgan fingerprint density at radius 1 is 1.40 bits per heavy atom. The van der Waals surface area contributed by atoms with Crippen molar-refractivity contribution in [3.63, 3.8) is 0 Å². The van der Waals surface area contributed by atoms with Crippen LogP contribution in [0.2, 0.25) is 0 Å². The van der Waals surface area contributed by atoms with E-state index in [9.17, 15) is 0 Å². The van der Waals surface area contributed by atoms with Gasteiger partial charge in [-0.1, -0.05) is 0 Å². The second-order valence-corrected chi connectivity index (χ2v) is 5.86. The van der Waals surface area contributed by atoms with Crippen LogP contribution in [0.5, 0.6) is 0 Å². The van der Waals surface area contributed by atoms with E-state index in [1.54, 1.807) is 24.7 Å². The van der Waals surface area contributed by atoms with Crippen LogP contribution in [-0.2, 0) is 13.5 Å². The molecule has 0 atom stereocenters. The first-order valence-electron chi connectivity index (χ1n) is 7.81. The Bertz CT molecular complexity index is 1090. The molecule has 0 spiro atoms. The normalized spacial score (nSPS) is 15.9. The first-order valence-corrected chi connectivity index (χ1v) is 7.13. The van der Waals surface area contributed by atoms with Crippen molar-refractivity contribution in [3.8, 4) is 10.7 Å². The highest BCUT2D eigenvalue weighted by atomic mass is 32.1. The molecule has 5 heteroatoms. The summed E-state index contributed by atoms with van der Waals surface area (Å²) in [6.07, 6.45) is 5.15. The number of rotatable bonds is 0. The minimum Gasteiger partial charge on any atom is -0.330 e. The van der Waals surface area contributed by atoms with Gasteiger partial charge in [-0.3, -0.25) is 4.98 Å². The third-order valence-electron chi connectivity index (χ3n) is 3.83. The van der Waals surface area contributed by atoms with Crippen molar-refractivity contribution in [2.24, 2.45) is 6.98 Å². The smallest absolute Gasteiger partial charge is 0.291 e. The fourth-order valence-electron chi connectivity index (χ4n) is 2.95. The van der Waals surface area contributed by atoms with Crippen LogP contribution in [0.25, 0.3) is 32.0 Å². The van der Waals surface area contributed by atoms with Crippen LogP contribution in [0.4, 0.5) is 0 Å². The van der Waals surface area contributed by atoms with Crippen LogP contribution in [0.3, 0.4) is 0 Å². The minimum absolute atomic E-state index is 0.695. The van der Waals surface area contributed by atoms with E-state index in [1.807, 2.05) is 6.07 Å². The highest BCUT2D eigenvalue weighted by Gasteiger charge is 2.35. The first kappa shape index (κ1) is 8.11. The van der Waals surface area contributed by atoms with Crippen molar-refractivity contribution in [2.45, 2.75) is 6.54 Å². The standard InChI is InChI=1S/C15H11N4S/c1-18-11-4-6-16-7-10(11)13-15(18)20-14-12-9(8-19(13)14)3-2-5-17-12/h2-7H,8H2,1H3/q+1/i1D3. The van der Waals surface area contributed by atoms with Gasteiger partial charge in [0, 0.05) is 29.7 Å². The van der Waals surface area contributed by atoms with Gasteiger partial charge in [0.25, 0.3) is 10.5 Å². The largest absolute Gasteiger partial charge is 0.330 e. The number of hydrogen-bond donors (Lipinski definition) is 0. The van der Waals surface area contributed by atoms with Crippen LogP contribution in [-0.4, -0.2) is 14.5 Å². The number of pyridine rings is 2. The van der Waals surface area contributed by atoms with E-state index >= 15 is 0 Å². The molecule has 0 saturated heterocycles. The Hall–Kier alpha value is -2.27. The van der Waals surface area contributed by atoms with Crippen molar-refractivity contribution < 1.29 is 8.68 Å². The molecule has 0 aliphatic carbocycles. The second kappa shape index (κ2) is 3.43. The van der Waals surface area contributed by atoms with Gasteiger partial charge in [-0.15, -0.1) is 0 Å². The predicted octanol–water partition coefficient (Wildman–Crippen LogP) is 2.50. The van der Waals surface area contributed by atoms with E-state index in [0.29, 0.717) is 12.1 Å². The molecule has 20 heavy (non-hydrogen) atoms. The van der Waals surface area contributed by atoms with Gasteiger partial charge < -0.3 is 4.57 Å². The molecular weight excluding hydrogens is 268 g/mol. The Kier molecular flexibility index (Phi) is 1.39. The average molecular weight is 282 g/mol. The second-order valence-electron chi connectivity index (χ2n) is 4.89. The molecule has 0 fully saturated rings. The van der Waals surface area contributed by atoms with Gasteiger partial charge in [-0.25, -0.2) is 4.98 Å². The predicted molar refractivity (Wildman–Crippen MR) is 78.6 cm³/mol. The maximum absolute atomic E-state index is 7.91.